The number of hydrogen-bond acceptors (Lipinski definition) is 5. The van der Waals surface area contributed by atoms with Crippen LogP contribution in [0.15, 0.2) is 40.5 Å². The molecule has 0 spiro atoms. The zero-order valence-corrected chi connectivity index (χ0v) is 10.5. The second kappa shape index (κ2) is 4.80. The van der Waals surface area contributed by atoms with Gasteiger partial charge in [-0.25, -0.2) is 9.38 Å². The smallest absolute Gasteiger partial charge is 0.183 e. The zero-order valence-electron chi connectivity index (χ0n) is 9.63. The number of nitrogens with two attached hydrogens (primary N) is 1. The van der Waals surface area contributed by atoms with Crippen LogP contribution in [0.4, 0.5) is 4.39 Å². The summed E-state index contributed by atoms with van der Waals surface area (Å²) in [5.41, 5.74) is 7.13. The van der Waals surface area contributed by atoms with E-state index in [1.54, 1.807) is 25.1 Å². The molecule has 1 unspecified atom stereocenters. The predicted octanol–water partition coefficient (Wildman–Crippen LogP) is 1.82. The highest BCUT2D eigenvalue weighted by atomic mass is 32.1. The van der Waals surface area contributed by atoms with Crippen molar-refractivity contribution in [3.63, 3.8) is 0 Å². The summed E-state index contributed by atoms with van der Waals surface area (Å²) in [6.07, 6.45) is -0.736. The lowest BCUT2D eigenvalue weighted by Gasteiger charge is -2.29. The summed E-state index contributed by atoms with van der Waals surface area (Å²) in [5, 5.41) is 9.18. The molecular formula is C12H11FN4S. The number of nitrogens with zero attached hydrogens (tertiary/aromatic N) is 3. The van der Waals surface area contributed by atoms with Crippen LogP contribution in [-0.2, 0) is 0 Å². The molecule has 0 saturated heterocycles. The fourth-order valence-corrected chi connectivity index (χ4v) is 1.88. The van der Waals surface area contributed by atoms with Crippen LogP contribution in [0.5, 0.6) is 0 Å². The monoisotopic (exact) mass is 262 g/mol. The van der Waals surface area contributed by atoms with E-state index >= 15 is 0 Å². The molecule has 2 rings (SSSR count). The first kappa shape index (κ1) is 12.6. The average Bonchev–Trinajstić information content (AvgIpc) is 2.36. The summed E-state index contributed by atoms with van der Waals surface area (Å²) in [6.45, 7) is 1.70. The van der Waals surface area contributed by atoms with E-state index in [9.17, 15) is 9.65 Å². The molecule has 1 aliphatic rings. The number of halogens is 1. The van der Waals surface area contributed by atoms with Crippen LogP contribution in [0.2, 0.25) is 0 Å². The molecule has 0 aliphatic carbocycles. The number of hydrogen-bond donors (Lipinski definition) is 2. The number of allylic oxidation sites excluding steroid dienone is 2. The highest BCUT2D eigenvalue weighted by molar-refractivity contribution is 7.77. The van der Waals surface area contributed by atoms with Crippen LogP contribution in [0.1, 0.15) is 12.5 Å². The third-order valence-corrected chi connectivity index (χ3v) is 3.23. The molecule has 0 radical (unpaired) electrons. The van der Waals surface area contributed by atoms with Crippen LogP contribution in [0.25, 0.3) is 0 Å². The Morgan fingerprint density at radius 1 is 1.50 bits per heavy atom. The summed E-state index contributed by atoms with van der Waals surface area (Å²) < 4.78 is 15.1. The predicted molar refractivity (Wildman–Crippen MR) is 70.1 cm³/mol. The Bertz CT molecular complexity index is 588. The molecule has 1 heterocycles. The molecule has 1 aliphatic heterocycles. The zero-order chi connectivity index (χ0) is 13.3. The number of thiol groups is 1. The molecule has 18 heavy (non-hydrogen) atoms. The Hall–Kier alpha value is -1.84. The summed E-state index contributed by atoms with van der Waals surface area (Å²) in [5.74, 6) is -0.434. The van der Waals surface area contributed by atoms with E-state index in [0.717, 1.165) is 0 Å². The Labute approximate surface area is 110 Å². The van der Waals surface area contributed by atoms with Gasteiger partial charge in [0.15, 0.2) is 6.29 Å². The highest BCUT2D eigenvalue weighted by Crippen LogP contribution is 2.25. The normalized spacial score (nSPS) is 19.6. The first-order valence-corrected chi connectivity index (χ1v) is 5.64. The van der Waals surface area contributed by atoms with Gasteiger partial charge >= 0.3 is 0 Å². The van der Waals surface area contributed by atoms with Gasteiger partial charge in [-0.1, -0.05) is 24.9 Å². The largest absolute Gasteiger partial charge is 0.292 e. The Balaban J connectivity index is 2.61. The lowest BCUT2D eigenvalue weighted by molar-refractivity contribution is 0.437. The molecule has 4 nitrogen and oxygen atoms in total. The van der Waals surface area contributed by atoms with Gasteiger partial charge in [0.05, 0.1) is 11.3 Å². The highest BCUT2D eigenvalue weighted by Gasteiger charge is 2.26. The van der Waals surface area contributed by atoms with Crippen LogP contribution in [0, 0.1) is 17.1 Å². The SMILES string of the molecule is CC1=C(C#N)C(c2ccccc2F)=NC(N)N1S. The van der Waals surface area contributed by atoms with E-state index in [-0.39, 0.29) is 16.8 Å². The van der Waals surface area contributed by atoms with Crippen molar-refractivity contribution in [2.24, 2.45) is 10.7 Å². The first-order valence-electron chi connectivity index (χ1n) is 5.24. The van der Waals surface area contributed by atoms with Gasteiger partial charge in [0, 0.05) is 11.3 Å². The minimum atomic E-state index is -0.736. The quantitative estimate of drug-likeness (QED) is 0.759. The fourth-order valence-electron chi connectivity index (χ4n) is 1.73. The van der Waals surface area contributed by atoms with E-state index in [4.69, 9.17) is 5.73 Å². The molecule has 0 saturated carbocycles. The molecule has 1 aromatic rings. The second-order valence-electron chi connectivity index (χ2n) is 3.79. The maximum atomic E-state index is 13.7. The molecule has 0 amide bonds. The van der Waals surface area contributed by atoms with Gasteiger partial charge in [0.1, 0.15) is 11.9 Å². The average molecular weight is 262 g/mol. The van der Waals surface area contributed by atoms with Crippen LogP contribution >= 0.6 is 12.8 Å². The van der Waals surface area contributed by atoms with Gasteiger partial charge in [-0.15, -0.1) is 0 Å². The molecule has 92 valence electrons. The molecule has 1 atom stereocenters. The van der Waals surface area contributed by atoms with Gasteiger partial charge in [0.2, 0.25) is 0 Å². The van der Waals surface area contributed by atoms with Crippen molar-refractivity contribution in [1.29, 1.82) is 5.26 Å². The molecule has 1 aromatic carbocycles. The van der Waals surface area contributed by atoms with E-state index in [1.807, 2.05) is 6.07 Å². The summed E-state index contributed by atoms with van der Waals surface area (Å²) in [6, 6.07) is 8.17. The summed E-state index contributed by atoms with van der Waals surface area (Å²) >= 11 is 4.14. The summed E-state index contributed by atoms with van der Waals surface area (Å²) in [4.78, 5) is 4.12. The van der Waals surface area contributed by atoms with Crippen molar-refractivity contribution in [2.75, 3.05) is 0 Å². The Kier molecular flexibility index (Phi) is 3.36. The van der Waals surface area contributed by atoms with E-state index in [0.29, 0.717) is 5.70 Å². The second-order valence-corrected chi connectivity index (χ2v) is 4.22. The third kappa shape index (κ3) is 1.98. The third-order valence-electron chi connectivity index (χ3n) is 2.69. The number of nitriles is 1. The number of rotatable bonds is 1. The van der Waals surface area contributed by atoms with Crippen molar-refractivity contribution in [3.8, 4) is 6.07 Å². The Morgan fingerprint density at radius 2 is 2.17 bits per heavy atom. The van der Waals surface area contributed by atoms with Crippen molar-refractivity contribution < 1.29 is 4.39 Å². The van der Waals surface area contributed by atoms with Gasteiger partial charge in [-0.2, -0.15) is 5.26 Å². The lowest BCUT2D eigenvalue weighted by atomic mass is 10.00. The number of benzene rings is 1. The minimum absolute atomic E-state index is 0.269. The Morgan fingerprint density at radius 3 is 2.78 bits per heavy atom. The first-order chi connectivity index (χ1) is 8.56. The lowest BCUT2D eigenvalue weighted by Crippen LogP contribution is -2.38. The fraction of sp³-hybridized carbons (Fsp3) is 0.167. The number of aliphatic imine (C=N–C) groups is 1. The molecule has 0 fully saturated rings. The van der Waals surface area contributed by atoms with Crippen LogP contribution in [0.3, 0.4) is 0 Å². The van der Waals surface area contributed by atoms with Gasteiger partial charge in [-0.05, 0) is 19.1 Å². The van der Waals surface area contributed by atoms with Crippen LogP contribution in [-0.4, -0.2) is 16.3 Å². The topological polar surface area (TPSA) is 65.4 Å². The van der Waals surface area contributed by atoms with Gasteiger partial charge in [-0.3, -0.25) is 10.0 Å². The molecule has 6 heteroatoms. The van der Waals surface area contributed by atoms with Crippen LogP contribution < -0.4 is 5.73 Å². The molecule has 2 N–H and O–H groups in total. The van der Waals surface area contributed by atoms with Gasteiger partial charge in [0.25, 0.3) is 0 Å². The minimum Gasteiger partial charge on any atom is -0.292 e. The van der Waals surface area contributed by atoms with E-state index < -0.39 is 12.1 Å². The van der Waals surface area contributed by atoms with Gasteiger partial charge < -0.3 is 0 Å². The van der Waals surface area contributed by atoms with Crippen molar-refractivity contribution >= 4 is 18.5 Å². The van der Waals surface area contributed by atoms with E-state index in [1.165, 1.54) is 10.4 Å². The summed E-state index contributed by atoms with van der Waals surface area (Å²) in [7, 11) is 0. The molecular weight excluding hydrogens is 251 g/mol. The molecule has 0 bridgehead atoms. The maximum Gasteiger partial charge on any atom is 0.183 e. The van der Waals surface area contributed by atoms with Crippen molar-refractivity contribution in [1.82, 2.24) is 4.31 Å². The molecule has 0 aromatic heterocycles. The van der Waals surface area contributed by atoms with E-state index in [2.05, 4.69) is 17.8 Å². The standard InChI is InChI=1S/C12H11FN4S/c1-7-9(6-14)11(16-12(15)17(7)18)8-4-2-3-5-10(8)13/h2-5,12,18H,15H2,1H3. The maximum absolute atomic E-state index is 13.7. The van der Waals surface area contributed by atoms with Crippen molar-refractivity contribution in [3.05, 3.63) is 46.9 Å². The van der Waals surface area contributed by atoms with Crippen molar-refractivity contribution in [2.45, 2.75) is 13.2 Å².